The molecule has 7 aliphatic carbocycles. The van der Waals surface area contributed by atoms with E-state index in [1.807, 2.05) is 19.9 Å². The highest BCUT2D eigenvalue weighted by Crippen LogP contribution is 2.75. The SMILES string of the molecule is COC(=O)C1(C)CCC(C)(CC[C@]2(C)C(/C=C\c3ccc4c(c3C)O[C@]3(O)C(=O)C=C5C(=CC=C6[C@@]5(C)CC[C@@]5(C)C7C[C@@H](C)C(=O)C[C@]7(C)CC[C@]65C)[C@]3(C)O4)[C@@H](C)CC[C@@H]2C)CC1. The van der Waals surface area contributed by atoms with Crippen LogP contribution >= 0.6 is 0 Å². The average molecular weight is 889 g/mol. The third-order valence-corrected chi connectivity index (χ3v) is 21.7. The summed E-state index contributed by atoms with van der Waals surface area (Å²) in [5.41, 5.74) is 2.91. The van der Waals surface area contributed by atoms with E-state index in [0.29, 0.717) is 47.4 Å². The maximum atomic E-state index is 14.7. The van der Waals surface area contributed by atoms with Gasteiger partial charge in [0.1, 0.15) is 5.78 Å². The van der Waals surface area contributed by atoms with Crippen LogP contribution in [0.4, 0.5) is 0 Å². The van der Waals surface area contributed by atoms with E-state index in [0.717, 1.165) is 92.9 Å². The van der Waals surface area contributed by atoms with Crippen LogP contribution in [0.1, 0.15) is 177 Å². The van der Waals surface area contributed by atoms with Crippen molar-refractivity contribution in [3.63, 3.8) is 0 Å². The van der Waals surface area contributed by atoms with E-state index in [-0.39, 0.29) is 44.4 Å². The summed E-state index contributed by atoms with van der Waals surface area (Å²) in [6.45, 7) is 27.5. The van der Waals surface area contributed by atoms with Crippen LogP contribution in [0.15, 0.2) is 53.2 Å². The van der Waals surface area contributed by atoms with Gasteiger partial charge in [-0.25, -0.2) is 0 Å². The number of esters is 1. The number of Topliss-reactive ketones (excluding diaryl/α,β-unsaturated/α-hetero) is 1. The molecule has 8 aliphatic rings. The predicted octanol–water partition coefficient (Wildman–Crippen LogP) is 13.1. The number of ether oxygens (including phenoxy) is 3. The summed E-state index contributed by atoms with van der Waals surface area (Å²) in [6, 6.07) is 4.06. The number of hydrogen-bond acceptors (Lipinski definition) is 7. The van der Waals surface area contributed by atoms with Gasteiger partial charge in [-0.05, 0) is 178 Å². The first-order valence-corrected chi connectivity index (χ1v) is 25.5. The Morgan fingerprint density at radius 1 is 0.846 bits per heavy atom. The second-order valence-electron chi connectivity index (χ2n) is 25.3. The fourth-order valence-corrected chi connectivity index (χ4v) is 16.0. The second kappa shape index (κ2) is 15.0. The maximum Gasteiger partial charge on any atom is 0.317 e. The smallest absolute Gasteiger partial charge is 0.317 e. The molecule has 1 aliphatic heterocycles. The van der Waals surface area contributed by atoms with Gasteiger partial charge >= 0.3 is 11.8 Å². The Bertz CT molecular complexity index is 2320. The Labute approximate surface area is 390 Å². The Morgan fingerprint density at radius 3 is 2.25 bits per heavy atom. The zero-order valence-electron chi connectivity index (χ0n) is 42.2. The summed E-state index contributed by atoms with van der Waals surface area (Å²) in [4.78, 5) is 40.3. The van der Waals surface area contributed by atoms with Crippen LogP contribution in [-0.4, -0.2) is 41.1 Å². The number of carbonyl (C=O) groups excluding carboxylic acids is 3. The molecule has 7 heteroatoms. The molecule has 1 aromatic rings. The highest BCUT2D eigenvalue weighted by Gasteiger charge is 2.70. The zero-order valence-corrected chi connectivity index (χ0v) is 42.2. The largest absolute Gasteiger partial charge is 0.471 e. The maximum absolute atomic E-state index is 14.7. The van der Waals surface area contributed by atoms with Gasteiger partial charge in [0.05, 0.1) is 12.5 Å². The van der Waals surface area contributed by atoms with Crippen molar-refractivity contribution < 1.29 is 33.7 Å². The lowest BCUT2D eigenvalue weighted by molar-refractivity contribution is -0.231. The minimum atomic E-state index is -2.25. The van der Waals surface area contributed by atoms with E-state index in [1.54, 1.807) is 6.08 Å². The fourth-order valence-electron chi connectivity index (χ4n) is 16.0. The van der Waals surface area contributed by atoms with Gasteiger partial charge in [-0.15, -0.1) is 0 Å². The molecule has 0 spiro atoms. The lowest BCUT2D eigenvalue weighted by Crippen LogP contribution is -2.70. The van der Waals surface area contributed by atoms with Crippen LogP contribution in [0.2, 0.25) is 0 Å². The van der Waals surface area contributed by atoms with Gasteiger partial charge < -0.3 is 19.3 Å². The average Bonchev–Trinajstić information content (AvgIpc) is 3.26. The number of carbonyl (C=O) groups is 3. The lowest BCUT2D eigenvalue weighted by Gasteiger charge is -2.69. The van der Waals surface area contributed by atoms with Gasteiger partial charge in [-0.2, -0.15) is 0 Å². The number of benzene rings is 1. The molecule has 7 nitrogen and oxygen atoms in total. The molecule has 0 saturated heterocycles. The summed E-state index contributed by atoms with van der Waals surface area (Å²) in [5, 5.41) is 12.6. The van der Waals surface area contributed by atoms with Crippen LogP contribution in [-0.2, 0) is 19.1 Å². The van der Waals surface area contributed by atoms with Crippen LogP contribution in [0.3, 0.4) is 0 Å². The van der Waals surface area contributed by atoms with Crippen LogP contribution in [0.5, 0.6) is 11.5 Å². The Hall–Kier alpha value is -3.45. The second-order valence-corrected chi connectivity index (χ2v) is 25.3. The molecule has 0 radical (unpaired) electrons. The summed E-state index contributed by atoms with van der Waals surface area (Å²) in [7, 11) is 1.51. The summed E-state index contributed by atoms with van der Waals surface area (Å²) < 4.78 is 18.8. The number of aliphatic hydroxyl groups is 1. The van der Waals surface area contributed by atoms with Crippen molar-refractivity contribution in [2.75, 3.05) is 7.11 Å². The summed E-state index contributed by atoms with van der Waals surface area (Å²) >= 11 is 0. The number of rotatable bonds is 6. The first kappa shape index (κ1) is 46.7. The fraction of sp³-hybridized carbons (Fsp3) is 0.707. The topological polar surface area (TPSA) is 99.1 Å². The van der Waals surface area contributed by atoms with Crippen molar-refractivity contribution in [2.45, 2.75) is 184 Å². The Morgan fingerprint density at radius 2 is 1.55 bits per heavy atom. The lowest BCUT2D eigenvalue weighted by atomic mass is 9.35. The van der Waals surface area contributed by atoms with Gasteiger partial charge in [0.2, 0.25) is 11.4 Å². The van der Waals surface area contributed by atoms with Crippen molar-refractivity contribution in [3.05, 3.63) is 64.3 Å². The third kappa shape index (κ3) is 6.51. The number of methoxy groups -OCH3 is 1. The van der Waals surface area contributed by atoms with E-state index in [1.165, 1.54) is 25.5 Å². The number of fused-ring (bicyclic) bond motifs is 10. The van der Waals surface area contributed by atoms with Crippen molar-refractivity contribution >= 4 is 23.6 Å². The Kier molecular flexibility index (Phi) is 10.8. The van der Waals surface area contributed by atoms with Gasteiger partial charge in [0.15, 0.2) is 11.5 Å². The van der Waals surface area contributed by atoms with Gasteiger partial charge in [-0.1, -0.05) is 98.3 Å². The highest BCUT2D eigenvalue weighted by atomic mass is 16.7. The molecular formula is C58H80O7. The molecular weight excluding hydrogens is 809 g/mol. The van der Waals surface area contributed by atoms with E-state index in [2.05, 4.69) is 99.6 Å². The van der Waals surface area contributed by atoms with Crippen molar-refractivity contribution in [3.8, 4) is 11.5 Å². The van der Waals surface area contributed by atoms with Gasteiger partial charge in [-0.3, -0.25) is 14.4 Å². The molecule has 9 rings (SSSR count). The predicted molar refractivity (Wildman–Crippen MR) is 257 cm³/mol. The monoisotopic (exact) mass is 889 g/mol. The number of ketones is 2. The van der Waals surface area contributed by atoms with E-state index in [9.17, 15) is 19.5 Å². The molecule has 1 heterocycles. The molecule has 2 unspecified atom stereocenters. The third-order valence-electron chi connectivity index (χ3n) is 21.7. The Balaban J connectivity index is 0.989. The van der Waals surface area contributed by atoms with Gasteiger partial charge in [0.25, 0.3) is 0 Å². The van der Waals surface area contributed by atoms with E-state index >= 15 is 0 Å². The summed E-state index contributed by atoms with van der Waals surface area (Å²) in [5.74, 6) is 0.568. The first-order chi connectivity index (χ1) is 30.3. The molecule has 0 aromatic heterocycles. The van der Waals surface area contributed by atoms with Crippen molar-refractivity contribution in [2.24, 2.45) is 67.5 Å². The molecule has 0 bridgehead atoms. The first-order valence-electron chi connectivity index (χ1n) is 25.5. The van der Waals surface area contributed by atoms with Crippen LogP contribution in [0.25, 0.3) is 6.08 Å². The van der Waals surface area contributed by atoms with E-state index < -0.39 is 22.6 Å². The molecule has 0 amide bonds. The standard InChI is InChI=1S/C58H80O7/c1-35-14-15-37(3)53(8,28-24-50(5)22-25-51(6,26-23-50)49(61)63-13)40(35)18-16-39-17-20-44-48(38(39)4)65-58(62)47(60)33-42-41(57(58,12)64-44)19-21-45-54(42,9)29-31-56(11)46-32-36(2)43(59)34-52(46,7)27-30-55(45,56)10/h16-21,33,35-37,40,46,62H,14-15,22-32,34H2,1-13H3/b18-16-/t35-,36+,37-,40?,46?,50?,51?,52-,53-,54-,55+,56-,57-,58+/m0/s1. The molecule has 5 fully saturated rings. The molecule has 1 N–H and O–H groups in total. The molecule has 12 atom stereocenters. The minimum Gasteiger partial charge on any atom is -0.471 e. The summed E-state index contributed by atoms with van der Waals surface area (Å²) in [6.07, 6.45) is 24.8. The zero-order chi connectivity index (χ0) is 47.1. The van der Waals surface area contributed by atoms with Crippen molar-refractivity contribution in [1.29, 1.82) is 0 Å². The molecule has 1 aromatic carbocycles. The van der Waals surface area contributed by atoms with Crippen LogP contribution < -0.4 is 9.47 Å². The number of allylic oxidation sites excluding steroid dienone is 4. The van der Waals surface area contributed by atoms with Crippen LogP contribution in [0, 0.1) is 74.4 Å². The van der Waals surface area contributed by atoms with Crippen molar-refractivity contribution in [1.82, 2.24) is 0 Å². The minimum absolute atomic E-state index is 0.0128. The van der Waals surface area contributed by atoms with Gasteiger partial charge in [0, 0.05) is 28.9 Å². The highest BCUT2D eigenvalue weighted by molar-refractivity contribution is 6.02. The normalized spacial score (nSPS) is 46.7. The molecule has 65 heavy (non-hydrogen) atoms. The number of hydrogen-bond donors (Lipinski definition) is 1. The molecule has 5 saturated carbocycles. The quantitative estimate of drug-likeness (QED) is 0.284. The molecule has 354 valence electrons. The van der Waals surface area contributed by atoms with E-state index in [4.69, 9.17) is 14.2 Å².